The fraction of sp³-hybridized carbons (Fsp3) is 0.316. The second-order valence-electron chi connectivity index (χ2n) is 6.58. The number of quaternary nitrogens is 1. The summed E-state index contributed by atoms with van der Waals surface area (Å²) in [5.74, 6) is -0.199. The van der Waals surface area contributed by atoms with Gasteiger partial charge in [-0.15, -0.1) is 0 Å². The summed E-state index contributed by atoms with van der Waals surface area (Å²) in [6.45, 7) is 5.10. The molecule has 1 amide bonds. The van der Waals surface area contributed by atoms with Gasteiger partial charge in [0, 0.05) is 22.2 Å². The molecule has 3 rings (SSSR count). The lowest BCUT2D eigenvalue weighted by molar-refractivity contribution is -0.128. The number of fused-ring (bicyclic) bond motifs is 1. The Kier molecular flexibility index (Phi) is 4.66. The Balaban J connectivity index is 2.04. The zero-order valence-corrected chi connectivity index (χ0v) is 16.2. The van der Waals surface area contributed by atoms with Gasteiger partial charge in [0.25, 0.3) is 0 Å². The van der Waals surface area contributed by atoms with E-state index in [2.05, 4.69) is 58.7 Å². The van der Waals surface area contributed by atoms with E-state index in [-0.39, 0.29) is 22.2 Å². The summed E-state index contributed by atoms with van der Waals surface area (Å²) in [5, 5.41) is 0. The number of carbonyl (C=O) groups excluding carboxylic acids is 1. The number of carbonyl (C=O) groups is 1. The quantitative estimate of drug-likeness (QED) is 0.513. The third-order valence-electron chi connectivity index (χ3n) is 5.09. The van der Waals surface area contributed by atoms with Crippen molar-refractivity contribution in [2.45, 2.75) is 26.4 Å². The monoisotopic (exact) mass is 439 g/mol. The molecule has 0 N–H and O–H groups in total. The highest BCUT2D eigenvalue weighted by Crippen LogP contribution is 2.41. The minimum Gasteiger partial charge on any atom is -0.356 e. The zero-order chi connectivity index (χ0) is 17.5. The summed E-state index contributed by atoms with van der Waals surface area (Å²) in [5.41, 5.74) is 2.86. The molecule has 0 saturated heterocycles. The molecule has 3 nitrogen and oxygen atoms in total. The number of anilines is 1. The molecular formula is C19H21FIN2O+. The van der Waals surface area contributed by atoms with Crippen LogP contribution in [-0.2, 0) is 11.3 Å². The number of hydrogen-bond donors (Lipinski definition) is 0. The second kappa shape index (κ2) is 6.44. The summed E-state index contributed by atoms with van der Waals surface area (Å²) >= 11 is 2.28. The van der Waals surface area contributed by atoms with Crippen LogP contribution in [0.1, 0.15) is 19.4 Å². The van der Waals surface area contributed by atoms with Crippen molar-refractivity contribution in [2.24, 2.45) is 0 Å². The van der Waals surface area contributed by atoms with Gasteiger partial charge in [-0.25, -0.2) is 13.7 Å². The predicted octanol–water partition coefficient (Wildman–Crippen LogP) is 4.32. The molecule has 1 aliphatic rings. The van der Waals surface area contributed by atoms with Crippen molar-refractivity contribution < 1.29 is 9.18 Å². The molecule has 0 bridgehead atoms. The number of likely N-dealkylation sites (N-methyl/N-ethyl adjacent to an activating group) is 1. The summed E-state index contributed by atoms with van der Waals surface area (Å²) in [4.78, 5) is 14.5. The molecule has 126 valence electrons. The summed E-state index contributed by atoms with van der Waals surface area (Å²) in [7, 11) is 1.92. The van der Waals surface area contributed by atoms with Crippen LogP contribution >= 0.6 is 22.6 Å². The average molecular weight is 439 g/mol. The molecule has 24 heavy (non-hydrogen) atoms. The van der Waals surface area contributed by atoms with Gasteiger partial charge in [-0.05, 0) is 53.3 Å². The Hall–Kier alpha value is -1.47. The molecule has 2 aromatic rings. The van der Waals surface area contributed by atoms with E-state index in [1.165, 1.54) is 15.2 Å². The van der Waals surface area contributed by atoms with Crippen molar-refractivity contribution in [2.75, 3.05) is 18.5 Å². The van der Waals surface area contributed by atoms with Gasteiger partial charge in [-0.3, -0.25) is 0 Å². The van der Waals surface area contributed by atoms with Crippen LogP contribution in [0.3, 0.4) is 0 Å². The minimum absolute atomic E-state index is 0.0734. The highest BCUT2D eigenvalue weighted by Gasteiger charge is 2.44. The summed E-state index contributed by atoms with van der Waals surface area (Å²) < 4.78 is 15.3. The Morgan fingerprint density at radius 1 is 1.29 bits per heavy atom. The lowest BCUT2D eigenvalue weighted by atomic mass is 10.0. The van der Waals surface area contributed by atoms with E-state index < -0.39 is 0 Å². The maximum Gasteiger partial charge on any atom is 0.315 e. The van der Waals surface area contributed by atoms with Crippen LogP contribution in [0.4, 0.5) is 15.8 Å². The normalized spacial score (nSPS) is 23.0. The highest BCUT2D eigenvalue weighted by atomic mass is 127. The van der Waals surface area contributed by atoms with Gasteiger partial charge in [-0.1, -0.05) is 12.1 Å². The number of hydrogen-bond acceptors (Lipinski definition) is 2. The smallest absolute Gasteiger partial charge is 0.315 e. The molecule has 5 heteroatoms. The first kappa shape index (κ1) is 17.4. The largest absolute Gasteiger partial charge is 0.356 e. The van der Waals surface area contributed by atoms with Crippen molar-refractivity contribution in [3.05, 3.63) is 57.4 Å². The molecule has 1 unspecified atom stereocenters. The predicted molar refractivity (Wildman–Crippen MR) is 104 cm³/mol. The molecule has 0 aromatic heterocycles. The first-order valence-corrected chi connectivity index (χ1v) is 9.07. The van der Waals surface area contributed by atoms with E-state index in [1.54, 1.807) is 19.1 Å². The maximum atomic E-state index is 13.9. The van der Waals surface area contributed by atoms with Gasteiger partial charge < -0.3 is 4.90 Å². The van der Waals surface area contributed by atoms with Crippen LogP contribution in [0.2, 0.25) is 0 Å². The number of amides is 1. The molecule has 0 spiro atoms. The van der Waals surface area contributed by atoms with Gasteiger partial charge in [-0.2, -0.15) is 0 Å². The Morgan fingerprint density at radius 2 is 1.96 bits per heavy atom. The molecule has 2 aromatic carbocycles. The van der Waals surface area contributed by atoms with Crippen LogP contribution in [-0.4, -0.2) is 25.5 Å². The second-order valence-corrected chi connectivity index (χ2v) is 7.83. The van der Waals surface area contributed by atoms with Crippen LogP contribution in [0, 0.1) is 9.39 Å². The fourth-order valence-electron chi connectivity index (χ4n) is 3.40. The molecule has 0 radical (unpaired) electrons. The Morgan fingerprint density at radius 3 is 2.58 bits per heavy atom. The summed E-state index contributed by atoms with van der Waals surface area (Å²) in [6.07, 6.45) is 0. The molecule has 2 atom stereocenters. The molecule has 0 aliphatic carbocycles. The molecule has 1 aliphatic heterocycles. The molecule has 1 heterocycles. The topological polar surface area (TPSA) is 20.3 Å². The van der Waals surface area contributed by atoms with E-state index in [4.69, 9.17) is 0 Å². The number of rotatable bonds is 2. The van der Waals surface area contributed by atoms with Crippen molar-refractivity contribution in [1.29, 1.82) is 0 Å². The first-order chi connectivity index (χ1) is 11.3. The first-order valence-electron chi connectivity index (χ1n) is 7.99. The molecule has 0 fully saturated rings. The van der Waals surface area contributed by atoms with Gasteiger partial charge in [0.1, 0.15) is 17.5 Å². The molecular weight excluding hydrogens is 418 g/mol. The third kappa shape index (κ3) is 2.95. The summed E-state index contributed by atoms with van der Waals surface area (Å²) in [6, 6.07) is 13.2. The van der Waals surface area contributed by atoms with Crippen molar-refractivity contribution >= 4 is 39.9 Å². The standard InChI is InChI=1S/C19H21FIN2O/c1-13-11-22(12-15-4-7-17(21)8-5-15)18-10-16(20)6-9-19(18)23(13,3)14(2)24/h4-10,13H,11-12H2,1-3H3/q+1/t13-,23?/m0/s1. The minimum atomic E-state index is -0.272. The average Bonchev–Trinajstić information content (AvgIpc) is 2.54. The van der Waals surface area contributed by atoms with Crippen LogP contribution in [0.25, 0.3) is 0 Å². The van der Waals surface area contributed by atoms with Crippen LogP contribution in [0.5, 0.6) is 0 Å². The highest BCUT2D eigenvalue weighted by molar-refractivity contribution is 14.1. The number of halogens is 2. The third-order valence-corrected chi connectivity index (χ3v) is 5.80. The number of benzene rings is 2. The van der Waals surface area contributed by atoms with E-state index >= 15 is 0 Å². The Bertz CT molecular complexity index is 777. The van der Waals surface area contributed by atoms with Crippen molar-refractivity contribution in [3.8, 4) is 0 Å². The number of nitrogens with zero attached hydrogens (tertiary/aromatic N) is 2. The van der Waals surface area contributed by atoms with Crippen molar-refractivity contribution in [1.82, 2.24) is 4.48 Å². The van der Waals surface area contributed by atoms with E-state index in [0.717, 1.165) is 11.4 Å². The maximum absolute atomic E-state index is 13.9. The van der Waals surface area contributed by atoms with E-state index in [9.17, 15) is 9.18 Å². The lowest BCUT2D eigenvalue weighted by Gasteiger charge is -2.45. The zero-order valence-electron chi connectivity index (χ0n) is 14.1. The Labute approximate surface area is 155 Å². The fourth-order valence-corrected chi connectivity index (χ4v) is 3.76. The van der Waals surface area contributed by atoms with Gasteiger partial charge in [0.2, 0.25) is 0 Å². The van der Waals surface area contributed by atoms with Crippen LogP contribution in [0.15, 0.2) is 42.5 Å². The lowest BCUT2D eigenvalue weighted by Crippen LogP contribution is -2.62. The van der Waals surface area contributed by atoms with E-state index in [1.807, 2.05) is 7.05 Å². The van der Waals surface area contributed by atoms with Gasteiger partial charge >= 0.3 is 5.91 Å². The van der Waals surface area contributed by atoms with Crippen LogP contribution < -0.4 is 9.38 Å². The van der Waals surface area contributed by atoms with E-state index in [0.29, 0.717) is 13.1 Å². The van der Waals surface area contributed by atoms with Crippen molar-refractivity contribution in [3.63, 3.8) is 0 Å². The van der Waals surface area contributed by atoms with Gasteiger partial charge in [0.15, 0.2) is 5.69 Å². The van der Waals surface area contributed by atoms with Gasteiger partial charge in [0.05, 0.1) is 20.5 Å². The molecule has 0 saturated carbocycles. The SMILES string of the molecule is CC(=O)[N+]1(C)c2ccc(F)cc2N(Cc2ccc(I)cc2)C[C@@H]1C.